The quantitative estimate of drug-likeness (QED) is 0.503. The molecule has 2 amide bonds. The predicted octanol–water partition coefficient (Wildman–Crippen LogP) is 3.33. The average Bonchev–Trinajstić information content (AvgIpc) is 3.25. The first-order valence-corrected chi connectivity index (χ1v) is 10.9. The van der Waals surface area contributed by atoms with Crippen molar-refractivity contribution in [1.82, 2.24) is 19.9 Å². The number of carbonyl (C=O) groups excluding carboxylic acids is 1. The van der Waals surface area contributed by atoms with Crippen molar-refractivity contribution in [2.24, 2.45) is 12.8 Å². The summed E-state index contributed by atoms with van der Waals surface area (Å²) < 4.78 is 7.45. The maximum atomic E-state index is 10.8. The van der Waals surface area contributed by atoms with Gasteiger partial charge in [-0.25, -0.2) is 14.8 Å². The first-order chi connectivity index (χ1) is 16.1. The molecule has 0 unspecified atom stereocenters. The van der Waals surface area contributed by atoms with Gasteiger partial charge in [0.2, 0.25) is 5.95 Å². The molecule has 1 aliphatic rings. The van der Waals surface area contributed by atoms with E-state index in [1.807, 2.05) is 36.7 Å². The van der Waals surface area contributed by atoms with Crippen LogP contribution in [0.2, 0.25) is 0 Å². The number of nitrogens with two attached hydrogens (primary N) is 1. The maximum Gasteiger partial charge on any atom is 0.312 e. The van der Waals surface area contributed by atoms with Crippen molar-refractivity contribution in [2.45, 2.75) is 6.54 Å². The Morgan fingerprint density at radius 1 is 1.03 bits per heavy atom. The number of anilines is 1. The van der Waals surface area contributed by atoms with Gasteiger partial charge in [-0.1, -0.05) is 36.4 Å². The largest absolute Gasteiger partial charge is 0.378 e. The van der Waals surface area contributed by atoms with Gasteiger partial charge in [0.15, 0.2) is 0 Å². The van der Waals surface area contributed by atoms with Crippen LogP contribution in [0.4, 0.5) is 10.7 Å². The van der Waals surface area contributed by atoms with Gasteiger partial charge in [0.25, 0.3) is 0 Å². The molecular formula is C25H28N6O2. The second-order valence-corrected chi connectivity index (χ2v) is 7.77. The lowest BCUT2D eigenvalue weighted by atomic mass is 10.1. The number of fused-ring (bicyclic) bond motifs is 1. The standard InChI is InChI=1S/C16H19N5O2.C9H9N/c17-15(22)18-9-12-2-1-3-13(8-12)14-10-19-16(20-11-14)21-4-6-23-7-5-21;1-10-7-6-8-4-2-3-5-9(8)10/h1-3,8,10-11H,4-7,9H2,(H3,17,18,22);2-7H,1H3. The summed E-state index contributed by atoms with van der Waals surface area (Å²) in [6, 6.07) is 17.8. The summed E-state index contributed by atoms with van der Waals surface area (Å²) in [4.78, 5) is 21.8. The molecule has 8 nitrogen and oxygen atoms in total. The number of carbonyl (C=O) groups is 1. The number of aryl methyl sites for hydroxylation is 1. The van der Waals surface area contributed by atoms with Gasteiger partial charge in [0, 0.05) is 56.4 Å². The Morgan fingerprint density at radius 3 is 2.52 bits per heavy atom. The van der Waals surface area contributed by atoms with Crippen LogP contribution in [0.25, 0.3) is 22.0 Å². The Labute approximate surface area is 193 Å². The molecule has 0 aliphatic carbocycles. The van der Waals surface area contributed by atoms with Crippen LogP contribution in [-0.2, 0) is 18.3 Å². The Bertz CT molecular complexity index is 1200. The van der Waals surface area contributed by atoms with Gasteiger partial charge in [-0.3, -0.25) is 0 Å². The number of para-hydroxylation sites is 1. The lowest BCUT2D eigenvalue weighted by Crippen LogP contribution is -2.37. The van der Waals surface area contributed by atoms with E-state index in [2.05, 4.69) is 68.3 Å². The average molecular weight is 445 g/mol. The number of amides is 2. The SMILES string of the molecule is Cn1ccc2ccccc21.NC(=O)NCc1cccc(-c2cnc(N3CCOCC3)nc2)c1. The van der Waals surface area contributed by atoms with E-state index in [-0.39, 0.29) is 0 Å². The number of aromatic nitrogens is 3. The van der Waals surface area contributed by atoms with E-state index in [4.69, 9.17) is 10.5 Å². The second-order valence-electron chi connectivity index (χ2n) is 7.77. The number of urea groups is 1. The highest BCUT2D eigenvalue weighted by molar-refractivity contribution is 5.79. The highest BCUT2D eigenvalue weighted by Gasteiger charge is 2.13. The summed E-state index contributed by atoms with van der Waals surface area (Å²) in [6.07, 6.45) is 5.71. The monoisotopic (exact) mass is 444 g/mol. The third-order valence-corrected chi connectivity index (χ3v) is 5.45. The number of rotatable bonds is 4. The summed E-state index contributed by atoms with van der Waals surface area (Å²) in [5.74, 6) is 0.726. The Morgan fingerprint density at radius 2 is 1.79 bits per heavy atom. The third kappa shape index (κ3) is 5.87. The van der Waals surface area contributed by atoms with Crippen molar-refractivity contribution in [3.05, 3.63) is 78.8 Å². The molecule has 2 aromatic carbocycles. The van der Waals surface area contributed by atoms with E-state index in [1.165, 1.54) is 10.9 Å². The molecule has 3 N–H and O–H groups in total. The summed E-state index contributed by atoms with van der Waals surface area (Å²) in [6.45, 7) is 3.44. The minimum Gasteiger partial charge on any atom is -0.378 e. The number of nitrogens with one attached hydrogen (secondary N) is 1. The van der Waals surface area contributed by atoms with Gasteiger partial charge in [0.05, 0.1) is 13.2 Å². The van der Waals surface area contributed by atoms with Crippen LogP contribution in [0.1, 0.15) is 5.56 Å². The molecule has 0 saturated carbocycles. The zero-order valence-corrected chi connectivity index (χ0v) is 18.6. The van der Waals surface area contributed by atoms with E-state index < -0.39 is 6.03 Å². The van der Waals surface area contributed by atoms with E-state index in [0.717, 1.165) is 35.7 Å². The van der Waals surface area contributed by atoms with Gasteiger partial charge < -0.3 is 25.3 Å². The van der Waals surface area contributed by atoms with Gasteiger partial charge in [0.1, 0.15) is 0 Å². The zero-order valence-electron chi connectivity index (χ0n) is 18.6. The summed E-state index contributed by atoms with van der Waals surface area (Å²) in [7, 11) is 2.06. The first kappa shape index (κ1) is 22.3. The number of nitrogens with zero attached hydrogens (tertiary/aromatic N) is 4. The number of hydrogen-bond donors (Lipinski definition) is 2. The molecule has 1 fully saturated rings. The van der Waals surface area contributed by atoms with Gasteiger partial charge in [-0.15, -0.1) is 0 Å². The minimum absolute atomic E-state index is 0.399. The lowest BCUT2D eigenvalue weighted by molar-refractivity contribution is 0.122. The normalized spacial score (nSPS) is 13.3. The van der Waals surface area contributed by atoms with Crippen molar-refractivity contribution in [3.8, 4) is 11.1 Å². The Hall–Kier alpha value is -3.91. The van der Waals surface area contributed by atoms with E-state index >= 15 is 0 Å². The molecule has 1 aliphatic heterocycles. The topological polar surface area (TPSA) is 98.3 Å². The summed E-state index contributed by atoms with van der Waals surface area (Å²) in [5, 5.41) is 3.89. The van der Waals surface area contributed by atoms with Crippen LogP contribution in [0.15, 0.2) is 73.2 Å². The van der Waals surface area contributed by atoms with Crippen LogP contribution < -0.4 is 16.0 Å². The molecule has 0 bridgehead atoms. The molecule has 2 aromatic heterocycles. The highest BCUT2D eigenvalue weighted by Crippen LogP contribution is 2.20. The molecule has 3 heterocycles. The van der Waals surface area contributed by atoms with Crippen molar-refractivity contribution in [2.75, 3.05) is 31.2 Å². The van der Waals surface area contributed by atoms with Gasteiger partial charge in [-0.05, 0) is 34.7 Å². The van der Waals surface area contributed by atoms with E-state index in [9.17, 15) is 4.79 Å². The van der Waals surface area contributed by atoms with Crippen molar-refractivity contribution < 1.29 is 9.53 Å². The van der Waals surface area contributed by atoms with Crippen LogP contribution in [-0.4, -0.2) is 46.9 Å². The van der Waals surface area contributed by atoms with Crippen molar-refractivity contribution in [3.63, 3.8) is 0 Å². The molecule has 170 valence electrons. The molecule has 33 heavy (non-hydrogen) atoms. The van der Waals surface area contributed by atoms with Crippen molar-refractivity contribution in [1.29, 1.82) is 0 Å². The van der Waals surface area contributed by atoms with E-state index in [1.54, 1.807) is 0 Å². The van der Waals surface area contributed by atoms with E-state index in [0.29, 0.717) is 19.8 Å². The summed E-state index contributed by atoms with van der Waals surface area (Å²) in [5.41, 5.74) is 9.29. The molecule has 0 radical (unpaired) electrons. The minimum atomic E-state index is -0.534. The fourth-order valence-electron chi connectivity index (χ4n) is 3.67. The number of benzene rings is 2. The Balaban J connectivity index is 0.000000214. The smallest absolute Gasteiger partial charge is 0.312 e. The summed E-state index contributed by atoms with van der Waals surface area (Å²) >= 11 is 0. The van der Waals surface area contributed by atoms with Gasteiger partial charge in [-0.2, -0.15) is 0 Å². The number of hydrogen-bond acceptors (Lipinski definition) is 5. The molecule has 0 atom stereocenters. The van der Waals surface area contributed by atoms with Crippen LogP contribution in [0.3, 0.4) is 0 Å². The molecule has 0 spiro atoms. The maximum absolute atomic E-state index is 10.8. The lowest BCUT2D eigenvalue weighted by Gasteiger charge is -2.26. The number of primary amides is 1. The van der Waals surface area contributed by atoms with Crippen LogP contribution in [0, 0.1) is 0 Å². The van der Waals surface area contributed by atoms with Crippen LogP contribution >= 0.6 is 0 Å². The second kappa shape index (κ2) is 10.6. The van der Waals surface area contributed by atoms with Crippen molar-refractivity contribution >= 4 is 22.9 Å². The molecule has 4 aromatic rings. The third-order valence-electron chi connectivity index (χ3n) is 5.45. The molecule has 1 saturated heterocycles. The highest BCUT2D eigenvalue weighted by atomic mass is 16.5. The first-order valence-electron chi connectivity index (χ1n) is 10.9. The fraction of sp³-hybridized carbons (Fsp3) is 0.240. The molecule has 8 heteroatoms. The number of morpholine rings is 1. The Kier molecular flexibility index (Phi) is 7.16. The zero-order chi connectivity index (χ0) is 23.0. The molecule has 5 rings (SSSR count). The molecular weight excluding hydrogens is 416 g/mol. The van der Waals surface area contributed by atoms with Gasteiger partial charge >= 0.3 is 6.03 Å². The number of ether oxygens (including phenoxy) is 1. The predicted molar refractivity (Wildman–Crippen MR) is 130 cm³/mol. The fourth-order valence-corrected chi connectivity index (χ4v) is 3.67. The van der Waals surface area contributed by atoms with Crippen LogP contribution in [0.5, 0.6) is 0 Å².